The van der Waals surface area contributed by atoms with Crippen LogP contribution in [0.4, 0.5) is 5.69 Å². The van der Waals surface area contributed by atoms with Crippen molar-refractivity contribution in [2.75, 3.05) is 5.32 Å². The smallest absolute Gasteiger partial charge is 0.338 e. The minimum Gasteiger partial charge on any atom is -0.449 e. The molecule has 2 aromatic carbocycles. The van der Waals surface area contributed by atoms with Gasteiger partial charge in [-0.05, 0) is 51.5 Å². The van der Waals surface area contributed by atoms with Gasteiger partial charge in [-0.15, -0.1) is 0 Å². The van der Waals surface area contributed by atoms with Crippen molar-refractivity contribution >= 4 is 17.6 Å². The first-order valence-corrected chi connectivity index (χ1v) is 11.7. The maximum absolute atomic E-state index is 13.1. The number of esters is 1. The molecule has 4 rings (SSSR count). The lowest BCUT2D eigenvalue weighted by Gasteiger charge is -2.15. The molecule has 1 amide bonds. The van der Waals surface area contributed by atoms with E-state index >= 15 is 0 Å². The van der Waals surface area contributed by atoms with Crippen molar-refractivity contribution in [3.05, 3.63) is 87.6 Å². The summed E-state index contributed by atoms with van der Waals surface area (Å²) in [6.07, 6.45) is -0.809. The Morgan fingerprint density at radius 3 is 2.31 bits per heavy atom. The largest absolute Gasteiger partial charge is 0.449 e. The highest BCUT2D eigenvalue weighted by Crippen LogP contribution is 2.20. The Morgan fingerprint density at radius 2 is 1.72 bits per heavy atom. The number of aryl methyl sites for hydroxylation is 2. The first kappa shape index (κ1) is 24.7. The van der Waals surface area contributed by atoms with Crippen LogP contribution in [0.15, 0.2) is 59.4 Å². The highest BCUT2D eigenvalue weighted by Gasteiger charge is 2.25. The van der Waals surface area contributed by atoms with E-state index in [2.05, 4.69) is 15.3 Å². The molecule has 4 aromatic rings. The third kappa shape index (κ3) is 4.72. The van der Waals surface area contributed by atoms with Gasteiger partial charge in [0.05, 0.1) is 22.6 Å². The van der Waals surface area contributed by atoms with E-state index in [1.807, 2.05) is 44.2 Å². The van der Waals surface area contributed by atoms with Gasteiger partial charge in [0, 0.05) is 18.3 Å². The molecule has 0 bridgehead atoms. The predicted molar refractivity (Wildman–Crippen MR) is 137 cm³/mol. The molecule has 0 aliphatic heterocycles. The van der Waals surface area contributed by atoms with Crippen molar-refractivity contribution in [3.8, 4) is 17.1 Å². The second kappa shape index (κ2) is 10.1. The number of nitrogens with one attached hydrogen (secondary N) is 2. The summed E-state index contributed by atoms with van der Waals surface area (Å²) in [6.45, 7) is 7.35. The van der Waals surface area contributed by atoms with Crippen LogP contribution in [-0.4, -0.2) is 37.3 Å². The van der Waals surface area contributed by atoms with Crippen molar-refractivity contribution in [1.82, 2.24) is 19.3 Å². The summed E-state index contributed by atoms with van der Waals surface area (Å²) >= 11 is 0. The highest BCUT2D eigenvalue weighted by atomic mass is 16.5. The Morgan fingerprint density at radius 1 is 1.06 bits per heavy atom. The van der Waals surface area contributed by atoms with Gasteiger partial charge in [-0.3, -0.25) is 14.3 Å². The summed E-state index contributed by atoms with van der Waals surface area (Å²) < 4.78 is 8.64. The van der Waals surface area contributed by atoms with Crippen molar-refractivity contribution in [2.24, 2.45) is 7.05 Å². The third-order valence-corrected chi connectivity index (χ3v) is 6.24. The Balaban J connectivity index is 1.49. The number of nitrogens with zero attached hydrogens (tertiary/aromatic N) is 3. The lowest BCUT2D eigenvalue weighted by Crippen LogP contribution is -2.33. The minimum absolute atomic E-state index is 0.147. The topological polar surface area (TPSA) is 111 Å². The molecule has 1 unspecified atom stereocenters. The Bertz CT molecular complexity index is 1440. The highest BCUT2D eigenvalue weighted by molar-refractivity contribution is 5.98. The molecule has 0 saturated carbocycles. The Kier molecular flexibility index (Phi) is 6.91. The fraction of sp³-hybridized carbons (Fsp3) is 0.259. The van der Waals surface area contributed by atoms with E-state index in [1.54, 1.807) is 49.8 Å². The number of carbonyl (C=O) groups is 2. The van der Waals surface area contributed by atoms with Crippen LogP contribution in [0, 0.1) is 20.8 Å². The van der Waals surface area contributed by atoms with Gasteiger partial charge >= 0.3 is 5.97 Å². The third-order valence-electron chi connectivity index (χ3n) is 6.24. The van der Waals surface area contributed by atoms with Gasteiger partial charge in [-0.2, -0.15) is 0 Å². The number of rotatable bonds is 7. The average molecular weight is 488 g/mol. The summed E-state index contributed by atoms with van der Waals surface area (Å²) in [7, 11) is 1.74. The number of carbonyl (C=O) groups excluding carboxylic acids is 2. The van der Waals surface area contributed by atoms with Crippen molar-refractivity contribution < 1.29 is 14.3 Å². The van der Waals surface area contributed by atoms with Crippen LogP contribution in [0.25, 0.3) is 17.1 Å². The van der Waals surface area contributed by atoms with Crippen LogP contribution in [0.1, 0.15) is 40.8 Å². The van der Waals surface area contributed by atoms with Gasteiger partial charge < -0.3 is 15.0 Å². The number of ether oxygens (including phenoxy) is 1. The van der Waals surface area contributed by atoms with Gasteiger partial charge in [0.25, 0.3) is 11.5 Å². The fourth-order valence-electron chi connectivity index (χ4n) is 3.88. The molecule has 9 heteroatoms. The maximum Gasteiger partial charge on any atom is 0.338 e. The number of H-pyrrole nitrogens is 1. The van der Waals surface area contributed by atoms with Crippen LogP contribution in [0.3, 0.4) is 0 Å². The van der Waals surface area contributed by atoms with E-state index in [0.29, 0.717) is 16.9 Å². The maximum atomic E-state index is 13.1. The van der Waals surface area contributed by atoms with E-state index < -0.39 is 18.0 Å². The second-order valence-corrected chi connectivity index (χ2v) is 8.60. The molecule has 0 spiro atoms. The summed E-state index contributed by atoms with van der Waals surface area (Å²) in [4.78, 5) is 46.5. The molecule has 2 aromatic heterocycles. The zero-order chi connectivity index (χ0) is 26.0. The molecule has 186 valence electrons. The number of aromatic nitrogens is 4. The summed E-state index contributed by atoms with van der Waals surface area (Å²) in [6, 6.07) is 16.0. The SMILES string of the molecule is CCC(OC(=O)c1ccc(-c2nc(C)c(C)[nH]2)cc1)C(=O)Nc1c(C)n(C)n(-c2ccccc2)c1=O. The summed E-state index contributed by atoms with van der Waals surface area (Å²) in [5.41, 5.74) is 4.08. The lowest BCUT2D eigenvalue weighted by molar-refractivity contribution is -0.124. The first-order chi connectivity index (χ1) is 17.2. The molecular weight excluding hydrogens is 458 g/mol. The average Bonchev–Trinajstić information content (AvgIpc) is 3.33. The quantitative estimate of drug-likeness (QED) is 0.382. The van der Waals surface area contributed by atoms with Crippen LogP contribution in [-0.2, 0) is 16.6 Å². The van der Waals surface area contributed by atoms with E-state index in [1.165, 1.54) is 4.68 Å². The zero-order valence-electron chi connectivity index (χ0n) is 21.0. The van der Waals surface area contributed by atoms with Crippen LogP contribution >= 0.6 is 0 Å². The van der Waals surface area contributed by atoms with Gasteiger partial charge in [0.2, 0.25) is 0 Å². The minimum atomic E-state index is -1.06. The number of hydrogen-bond acceptors (Lipinski definition) is 5. The molecule has 0 radical (unpaired) electrons. The molecule has 0 saturated heterocycles. The van der Waals surface area contributed by atoms with E-state index in [9.17, 15) is 14.4 Å². The molecule has 2 heterocycles. The van der Waals surface area contributed by atoms with Crippen molar-refractivity contribution in [3.63, 3.8) is 0 Å². The second-order valence-electron chi connectivity index (χ2n) is 8.60. The Labute approximate surface area is 208 Å². The molecule has 0 fully saturated rings. The molecular formula is C27H29N5O4. The number of para-hydroxylation sites is 1. The fourth-order valence-corrected chi connectivity index (χ4v) is 3.88. The molecule has 9 nitrogen and oxygen atoms in total. The molecule has 2 N–H and O–H groups in total. The van der Waals surface area contributed by atoms with Gasteiger partial charge in [-0.1, -0.05) is 37.3 Å². The monoisotopic (exact) mass is 487 g/mol. The summed E-state index contributed by atoms with van der Waals surface area (Å²) in [5.74, 6) is -0.466. The molecule has 36 heavy (non-hydrogen) atoms. The lowest BCUT2D eigenvalue weighted by atomic mass is 10.1. The van der Waals surface area contributed by atoms with Gasteiger partial charge in [0.15, 0.2) is 6.10 Å². The number of benzene rings is 2. The van der Waals surface area contributed by atoms with Crippen molar-refractivity contribution in [2.45, 2.75) is 40.2 Å². The molecule has 0 aliphatic carbocycles. The van der Waals surface area contributed by atoms with Crippen LogP contribution in [0.5, 0.6) is 0 Å². The number of aromatic amines is 1. The first-order valence-electron chi connectivity index (χ1n) is 11.7. The Hall–Kier alpha value is -4.40. The number of anilines is 1. The predicted octanol–water partition coefficient (Wildman–Crippen LogP) is 4.07. The van der Waals surface area contributed by atoms with Gasteiger partial charge in [-0.25, -0.2) is 14.5 Å². The standard InChI is InChI=1S/C27H29N5O4/c1-6-22(36-27(35)20-14-12-19(13-15-20)24-28-16(2)17(3)29-24)25(33)30-23-18(4)31(5)32(26(23)34)21-10-8-7-9-11-21/h7-15,22H,6H2,1-5H3,(H,28,29)(H,30,33). The van der Waals surface area contributed by atoms with Crippen LogP contribution in [0.2, 0.25) is 0 Å². The van der Waals surface area contributed by atoms with Crippen molar-refractivity contribution in [1.29, 1.82) is 0 Å². The zero-order valence-corrected chi connectivity index (χ0v) is 21.0. The molecule has 1 atom stereocenters. The normalized spacial score (nSPS) is 11.8. The number of imidazole rings is 1. The molecule has 0 aliphatic rings. The van der Waals surface area contributed by atoms with Crippen LogP contribution < -0.4 is 10.9 Å². The summed E-state index contributed by atoms with van der Waals surface area (Å²) in [5, 5.41) is 2.67. The number of amides is 1. The van der Waals surface area contributed by atoms with E-state index in [-0.39, 0.29) is 17.7 Å². The van der Waals surface area contributed by atoms with Gasteiger partial charge in [0.1, 0.15) is 11.5 Å². The van der Waals surface area contributed by atoms with E-state index in [0.717, 1.165) is 22.8 Å². The van der Waals surface area contributed by atoms with E-state index in [4.69, 9.17) is 4.74 Å². The number of hydrogen-bond donors (Lipinski definition) is 2.